The number of nitrogens with zero attached hydrogens (tertiary/aromatic N) is 1. The van der Waals surface area contributed by atoms with Gasteiger partial charge in [-0.25, -0.2) is 0 Å². The van der Waals surface area contributed by atoms with Crippen molar-refractivity contribution in [3.05, 3.63) is 34.9 Å². The Morgan fingerprint density at radius 1 is 1.47 bits per heavy atom. The first-order chi connectivity index (χ1) is 8.24. The Labute approximate surface area is 109 Å². The molecule has 90 valence electrons. The second-order valence-electron chi connectivity index (χ2n) is 4.79. The fourth-order valence-electron chi connectivity index (χ4n) is 2.25. The van der Waals surface area contributed by atoms with Gasteiger partial charge in [0.2, 0.25) is 0 Å². The Balaban J connectivity index is 1.89. The van der Waals surface area contributed by atoms with Crippen molar-refractivity contribution in [2.24, 2.45) is 5.92 Å². The molecule has 0 bridgehead atoms. The van der Waals surface area contributed by atoms with Gasteiger partial charge in [0.1, 0.15) is 0 Å². The normalized spacial score (nSPS) is 20.7. The van der Waals surface area contributed by atoms with Crippen molar-refractivity contribution >= 4 is 11.6 Å². The monoisotopic (exact) mass is 247 g/mol. The Morgan fingerprint density at radius 3 is 3.12 bits per heavy atom. The van der Waals surface area contributed by atoms with Crippen molar-refractivity contribution in [3.8, 4) is 11.8 Å². The summed E-state index contributed by atoms with van der Waals surface area (Å²) in [6.07, 6.45) is 2.66. The van der Waals surface area contributed by atoms with Gasteiger partial charge in [-0.05, 0) is 43.5 Å². The Morgan fingerprint density at radius 2 is 2.35 bits per heavy atom. The van der Waals surface area contributed by atoms with Crippen molar-refractivity contribution < 1.29 is 0 Å². The highest BCUT2D eigenvalue weighted by Crippen LogP contribution is 2.14. The van der Waals surface area contributed by atoms with Crippen LogP contribution >= 0.6 is 11.6 Å². The molecule has 17 heavy (non-hydrogen) atoms. The molecule has 1 heterocycles. The molecule has 0 aliphatic carbocycles. The molecular weight excluding hydrogens is 230 g/mol. The molecule has 0 aromatic heterocycles. The van der Waals surface area contributed by atoms with E-state index in [2.05, 4.69) is 23.7 Å². The minimum absolute atomic E-state index is 0.753. The van der Waals surface area contributed by atoms with Crippen LogP contribution in [0.5, 0.6) is 0 Å². The summed E-state index contributed by atoms with van der Waals surface area (Å²) in [6.45, 7) is 5.56. The van der Waals surface area contributed by atoms with Crippen molar-refractivity contribution in [3.63, 3.8) is 0 Å². The van der Waals surface area contributed by atoms with E-state index in [4.69, 9.17) is 11.6 Å². The SMILES string of the molecule is CC1CCCN(CC#Cc2cccc(Cl)c2)C1. The maximum atomic E-state index is 5.91. The first-order valence-electron chi connectivity index (χ1n) is 6.21. The van der Waals surface area contributed by atoms with Crippen LogP contribution in [-0.2, 0) is 0 Å². The fourth-order valence-corrected chi connectivity index (χ4v) is 2.44. The van der Waals surface area contributed by atoms with Crippen LogP contribution in [0.2, 0.25) is 5.02 Å². The number of hydrogen-bond acceptors (Lipinski definition) is 1. The van der Waals surface area contributed by atoms with Gasteiger partial charge >= 0.3 is 0 Å². The molecule has 1 aromatic carbocycles. The Bertz CT molecular complexity index is 430. The minimum Gasteiger partial charge on any atom is -0.292 e. The summed E-state index contributed by atoms with van der Waals surface area (Å²) in [5, 5.41) is 0.753. The number of hydrogen-bond donors (Lipinski definition) is 0. The van der Waals surface area contributed by atoms with Gasteiger partial charge < -0.3 is 0 Å². The summed E-state index contributed by atoms with van der Waals surface area (Å²) in [6, 6.07) is 7.72. The van der Waals surface area contributed by atoms with E-state index in [0.29, 0.717) is 0 Å². The molecule has 1 saturated heterocycles. The third-order valence-electron chi connectivity index (χ3n) is 3.10. The maximum absolute atomic E-state index is 5.91. The number of likely N-dealkylation sites (tertiary alicyclic amines) is 1. The quantitative estimate of drug-likeness (QED) is 0.688. The van der Waals surface area contributed by atoms with Crippen molar-refractivity contribution in [2.45, 2.75) is 19.8 Å². The number of halogens is 1. The molecule has 0 amide bonds. The molecular formula is C15H18ClN. The zero-order valence-corrected chi connectivity index (χ0v) is 11.0. The molecule has 1 nitrogen and oxygen atoms in total. The van der Waals surface area contributed by atoms with Gasteiger partial charge in [0.05, 0.1) is 6.54 Å². The molecule has 1 atom stereocenters. The lowest BCUT2D eigenvalue weighted by Crippen LogP contribution is -2.34. The van der Waals surface area contributed by atoms with Crippen LogP contribution in [0.1, 0.15) is 25.3 Å². The van der Waals surface area contributed by atoms with E-state index < -0.39 is 0 Å². The van der Waals surface area contributed by atoms with Crippen LogP contribution in [0.15, 0.2) is 24.3 Å². The summed E-state index contributed by atoms with van der Waals surface area (Å²) < 4.78 is 0. The smallest absolute Gasteiger partial charge is 0.0605 e. The van der Waals surface area contributed by atoms with Crippen LogP contribution in [0.25, 0.3) is 0 Å². The third-order valence-corrected chi connectivity index (χ3v) is 3.34. The summed E-state index contributed by atoms with van der Waals surface area (Å²) in [4.78, 5) is 2.44. The molecule has 0 radical (unpaired) electrons. The van der Waals surface area contributed by atoms with Crippen LogP contribution in [0.3, 0.4) is 0 Å². The lowest BCUT2D eigenvalue weighted by molar-refractivity contribution is 0.204. The lowest BCUT2D eigenvalue weighted by atomic mass is 10.0. The van der Waals surface area contributed by atoms with E-state index in [0.717, 1.165) is 23.0 Å². The van der Waals surface area contributed by atoms with E-state index in [1.54, 1.807) is 0 Å². The summed E-state index contributed by atoms with van der Waals surface area (Å²) in [5.74, 6) is 7.22. The van der Waals surface area contributed by atoms with E-state index >= 15 is 0 Å². The van der Waals surface area contributed by atoms with Gasteiger partial charge in [0.15, 0.2) is 0 Å². The van der Waals surface area contributed by atoms with E-state index in [1.165, 1.54) is 25.9 Å². The van der Waals surface area contributed by atoms with Crippen LogP contribution in [-0.4, -0.2) is 24.5 Å². The average molecular weight is 248 g/mol. The number of piperidine rings is 1. The molecule has 0 spiro atoms. The highest BCUT2D eigenvalue weighted by Gasteiger charge is 2.14. The second kappa shape index (κ2) is 6.10. The fraction of sp³-hybridized carbons (Fsp3) is 0.467. The molecule has 1 unspecified atom stereocenters. The molecule has 2 heteroatoms. The molecule has 0 N–H and O–H groups in total. The van der Waals surface area contributed by atoms with Crippen molar-refractivity contribution in [1.29, 1.82) is 0 Å². The van der Waals surface area contributed by atoms with Gasteiger partial charge in [-0.2, -0.15) is 0 Å². The van der Waals surface area contributed by atoms with E-state index in [9.17, 15) is 0 Å². The van der Waals surface area contributed by atoms with Gasteiger partial charge in [-0.1, -0.05) is 36.4 Å². The lowest BCUT2D eigenvalue weighted by Gasteiger charge is -2.28. The third kappa shape index (κ3) is 4.07. The van der Waals surface area contributed by atoms with Crippen LogP contribution in [0.4, 0.5) is 0 Å². The Kier molecular flexibility index (Phi) is 4.48. The molecule has 1 aliphatic rings. The molecule has 1 aromatic rings. The second-order valence-corrected chi connectivity index (χ2v) is 5.23. The highest BCUT2D eigenvalue weighted by atomic mass is 35.5. The topological polar surface area (TPSA) is 3.24 Å². The van der Waals surface area contributed by atoms with Crippen molar-refractivity contribution in [1.82, 2.24) is 4.90 Å². The summed E-state index contributed by atoms with van der Waals surface area (Å²) >= 11 is 5.91. The first-order valence-corrected chi connectivity index (χ1v) is 6.58. The zero-order chi connectivity index (χ0) is 12.1. The van der Waals surface area contributed by atoms with Gasteiger partial charge in [0.25, 0.3) is 0 Å². The van der Waals surface area contributed by atoms with E-state index in [-0.39, 0.29) is 0 Å². The Hall–Kier alpha value is -0.970. The summed E-state index contributed by atoms with van der Waals surface area (Å²) in [5.41, 5.74) is 1.00. The van der Waals surface area contributed by atoms with Crippen LogP contribution < -0.4 is 0 Å². The molecule has 1 aliphatic heterocycles. The van der Waals surface area contributed by atoms with Gasteiger partial charge in [0, 0.05) is 17.1 Å². The average Bonchev–Trinajstić information content (AvgIpc) is 2.29. The highest BCUT2D eigenvalue weighted by molar-refractivity contribution is 6.30. The minimum atomic E-state index is 0.753. The maximum Gasteiger partial charge on any atom is 0.0605 e. The number of benzene rings is 1. The van der Waals surface area contributed by atoms with Crippen molar-refractivity contribution in [2.75, 3.05) is 19.6 Å². The van der Waals surface area contributed by atoms with E-state index in [1.807, 2.05) is 24.3 Å². The zero-order valence-electron chi connectivity index (χ0n) is 10.2. The molecule has 0 saturated carbocycles. The standard InChI is InChI=1S/C15H18ClN/c1-13-5-3-9-17(12-13)10-4-7-14-6-2-8-15(16)11-14/h2,6,8,11,13H,3,5,9-10,12H2,1H3. The molecule has 2 rings (SSSR count). The molecule has 1 fully saturated rings. The van der Waals surface area contributed by atoms with Gasteiger partial charge in [-0.15, -0.1) is 0 Å². The first kappa shape index (κ1) is 12.5. The predicted octanol–water partition coefficient (Wildman–Crippen LogP) is 3.42. The predicted molar refractivity (Wildman–Crippen MR) is 73.2 cm³/mol. The number of rotatable bonds is 1. The van der Waals surface area contributed by atoms with Crippen LogP contribution in [0, 0.1) is 17.8 Å². The summed E-state index contributed by atoms with van der Waals surface area (Å²) in [7, 11) is 0. The largest absolute Gasteiger partial charge is 0.292 e. The van der Waals surface area contributed by atoms with Gasteiger partial charge in [-0.3, -0.25) is 4.90 Å².